The maximum absolute atomic E-state index is 4.76. The van der Waals surface area contributed by atoms with Crippen molar-refractivity contribution in [2.75, 3.05) is 0 Å². The largest absolute Gasteiger partial charge is 0.264 e. The molecular formula is C22H18N2. The summed E-state index contributed by atoms with van der Waals surface area (Å²) in [6, 6.07) is 13.2. The summed E-state index contributed by atoms with van der Waals surface area (Å²) in [4.78, 5) is 9.15. The smallest absolute Gasteiger partial charge is 0.0786 e. The third kappa shape index (κ3) is 1.60. The minimum atomic E-state index is -0.0851. The van der Waals surface area contributed by atoms with Gasteiger partial charge in [-0.3, -0.25) is 9.97 Å². The molecule has 1 aliphatic rings. The number of aromatic nitrogens is 2. The van der Waals surface area contributed by atoms with Crippen LogP contribution in [0.2, 0.25) is 0 Å². The molecule has 0 amide bonds. The summed E-state index contributed by atoms with van der Waals surface area (Å²) in [6.45, 7) is 6.82. The van der Waals surface area contributed by atoms with Crippen LogP contribution >= 0.6 is 0 Å². The standard InChI is InChI=1S/C22H18N2/c1-13-10-15-7-9-24-21-16-5-4-14-6-8-23-12-17(14)20(16)22(2,3)18(11-13)19(15)21/h4-12H,1-3H3. The van der Waals surface area contributed by atoms with E-state index in [4.69, 9.17) is 4.98 Å². The number of hydrogen-bond acceptors (Lipinski definition) is 2. The van der Waals surface area contributed by atoms with E-state index in [1.54, 1.807) is 0 Å². The Labute approximate surface area is 141 Å². The molecule has 2 nitrogen and oxygen atoms in total. The Morgan fingerprint density at radius 2 is 1.75 bits per heavy atom. The molecule has 5 rings (SSSR count). The fraction of sp³-hybridized carbons (Fsp3) is 0.182. The monoisotopic (exact) mass is 310 g/mol. The van der Waals surface area contributed by atoms with Gasteiger partial charge in [0.05, 0.1) is 5.69 Å². The summed E-state index contributed by atoms with van der Waals surface area (Å²) in [5.74, 6) is 0. The van der Waals surface area contributed by atoms with Crippen LogP contribution in [0, 0.1) is 6.92 Å². The average Bonchev–Trinajstić information content (AvgIpc) is 2.58. The second-order valence-corrected chi connectivity index (χ2v) is 7.28. The van der Waals surface area contributed by atoms with Crippen molar-refractivity contribution in [3.8, 4) is 11.3 Å². The van der Waals surface area contributed by atoms with Crippen molar-refractivity contribution in [2.45, 2.75) is 26.2 Å². The summed E-state index contributed by atoms with van der Waals surface area (Å²) in [5.41, 5.74) is 6.25. The molecule has 2 heteroatoms. The van der Waals surface area contributed by atoms with Crippen molar-refractivity contribution < 1.29 is 0 Å². The quantitative estimate of drug-likeness (QED) is 0.435. The maximum atomic E-state index is 4.76. The van der Waals surface area contributed by atoms with Gasteiger partial charge < -0.3 is 0 Å². The first-order chi connectivity index (χ1) is 11.6. The van der Waals surface area contributed by atoms with Gasteiger partial charge in [-0.05, 0) is 41.0 Å². The molecule has 0 radical (unpaired) electrons. The SMILES string of the molecule is Cc1cc2c3c(nccc3c1)-c1ccc3ccncc3c1C2(C)C. The van der Waals surface area contributed by atoms with Gasteiger partial charge in [0.25, 0.3) is 0 Å². The molecule has 0 fully saturated rings. The van der Waals surface area contributed by atoms with Crippen LogP contribution in [-0.2, 0) is 5.41 Å². The average molecular weight is 310 g/mol. The van der Waals surface area contributed by atoms with Crippen molar-refractivity contribution in [1.29, 1.82) is 0 Å². The maximum Gasteiger partial charge on any atom is 0.0786 e. The van der Waals surface area contributed by atoms with Gasteiger partial charge in [0.15, 0.2) is 0 Å². The molecule has 0 bridgehead atoms. The first kappa shape index (κ1) is 13.7. The topological polar surface area (TPSA) is 25.8 Å². The van der Waals surface area contributed by atoms with E-state index >= 15 is 0 Å². The number of hydrogen-bond donors (Lipinski definition) is 0. The van der Waals surface area contributed by atoms with Gasteiger partial charge in [-0.15, -0.1) is 0 Å². The molecule has 4 aromatic rings. The molecule has 2 heterocycles. The third-order valence-corrected chi connectivity index (χ3v) is 5.38. The van der Waals surface area contributed by atoms with Crippen LogP contribution in [0.1, 0.15) is 30.5 Å². The van der Waals surface area contributed by atoms with E-state index in [1.807, 2.05) is 18.6 Å². The number of fused-ring (bicyclic) bond motifs is 4. The molecule has 2 aromatic carbocycles. The summed E-state index contributed by atoms with van der Waals surface area (Å²) < 4.78 is 0. The summed E-state index contributed by atoms with van der Waals surface area (Å²) >= 11 is 0. The van der Waals surface area contributed by atoms with E-state index < -0.39 is 0 Å². The second kappa shape index (κ2) is 4.41. The zero-order chi connectivity index (χ0) is 16.5. The zero-order valence-corrected chi connectivity index (χ0v) is 14.1. The lowest BCUT2D eigenvalue weighted by Crippen LogP contribution is -2.24. The van der Waals surface area contributed by atoms with Gasteiger partial charge in [0.1, 0.15) is 0 Å². The minimum Gasteiger partial charge on any atom is -0.264 e. The third-order valence-electron chi connectivity index (χ3n) is 5.38. The van der Waals surface area contributed by atoms with Crippen LogP contribution in [0.3, 0.4) is 0 Å². The normalized spacial score (nSPS) is 14.8. The van der Waals surface area contributed by atoms with Gasteiger partial charge in [0.2, 0.25) is 0 Å². The van der Waals surface area contributed by atoms with Crippen molar-refractivity contribution in [3.05, 3.63) is 71.7 Å². The van der Waals surface area contributed by atoms with Crippen molar-refractivity contribution in [3.63, 3.8) is 0 Å². The summed E-state index contributed by atoms with van der Waals surface area (Å²) in [6.07, 6.45) is 5.79. The lowest BCUT2D eigenvalue weighted by molar-refractivity contribution is 0.649. The molecule has 1 aliphatic carbocycles. The van der Waals surface area contributed by atoms with Gasteiger partial charge in [-0.1, -0.05) is 43.7 Å². The molecule has 24 heavy (non-hydrogen) atoms. The predicted octanol–water partition coefficient (Wildman–Crippen LogP) is 5.40. The first-order valence-electron chi connectivity index (χ1n) is 8.35. The van der Waals surface area contributed by atoms with Crippen LogP contribution in [0.25, 0.3) is 32.8 Å². The van der Waals surface area contributed by atoms with E-state index in [9.17, 15) is 0 Å². The number of aryl methyl sites for hydroxylation is 1. The lowest BCUT2D eigenvalue weighted by atomic mass is 9.68. The van der Waals surface area contributed by atoms with Crippen LogP contribution in [0.5, 0.6) is 0 Å². The van der Waals surface area contributed by atoms with E-state index in [1.165, 1.54) is 43.8 Å². The molecule has 116 valence electrons. The zero-order valence-electron chi connectivity index (χ0n) is 14.1. The molecular weight excluding hydrogens is 292 g/mol. The second-order valence-electron chi connectivity index (χ2n) is 7.28. The van der Waals surface area contributed by atoms with E-state index in [2.05, 4.69) is 62.2 Å². The highest BCUT2D eigenvalue weighted by Gasteiger charge is 2.35. The number of benzene rings is 2. The molecule has 0 atom stereocenters. The van der Waals surface area contributed by atoms with E-state index in [0.29, 0.717) is 0 Å². The van der Waals surface area contributed by atoms with Crippen LogP contribution in [0.4, 0.5) is 0 Å². The van der Waals surface area contributed by atoms with Gasteiger partial charge in [-0.25, -0.2) is 0 Å². The molecule has 0 unspecified atom stereocenters. The van der Waals surface area contributed by atoms with Gasteiger partial charge >= 0.3 is 0 Å². The highest BCUT2D eigenvalue weighted by atomic mass is 14.7. The Hall–Kier alpha value is -2.74. The molecule has 0 aliphatic heterocycles. The Balaban J connectivity index is 2.06. The number of rotatable bonds is 0. The van der Waals surface area contributed by atoms with Crippen molar-refractivity contribution >= 4 is 21.5 Å². The highest BCUT2D eigenvalue weighted by molar-refractivity contribution is 6.05. The fourth-order valence-electron chi connectivity index (χ4n) is 4.33. The van der Waals surface area contributed by atoms with Crippen molar-refractivity contribution in [1.82, 2.24) is 9.97 Å². The van der Waals surface area contributed by atoms with E-state index in [-0.39, 0.29) is 5.41 Å². The highest BCUT2D eigenvalue weighted by Crippen LogP contribution is 2.50. The predicted molar refractivity (Wildman–Crippen MR) is 99.3 cm³/mol. The Bertz CT molecular complexity index is 1140. The number of nitrogens with zero attached hydrogens (tertiary/aromatic N) is 2. The Morgan fingerprint density at radius 1 is 0.917 bits per heavy atom. The molecule has 0 spiro atoms. The molecule has 0 saturated carbocycles. The lowest BCUT2D eigenvalue weighted by Gasteiger charge is -2.35. The van der Waals surface area contributed by atoms with Gasteiger partial charge in [-0.2, -0.15) is 0 Å². The molecule has 0 saturated heterocycles. The van der Waals surface area contributed by atoms with Crippen molar-refractivity contribution in [2.24, 2.45) is 0 Å². The number of pyridine rings is 2. The molecule has 0 N–H and O–H groups in total. The van der Waals surface area contributed by atoms with Gasteiger partial charge in [0, 0.05) is 40.3 Å². The van der Waals surface area contributed by atoms with Crippen LogP contribution in [0.15, 0.2) is 55.0 Å². The Kier molecular flexibility index (Phi) is 2.52. The van der Waals surface area contributed by atoms with Crippen LogP contribution in [-0.4, -0.2) is 9.97 Å². The van der Waals surface area contributed by atoms with E-state index in [0.717, 1.165) is 5.69 Å². The summed E-state index contributed by atoms with van der Waals surface area (Å²) in [7, 11) is 0. The van der Waals surface area contributed by atoms with Crippen LogP contribution < -0.4 is 0 Å². The molecule has 2 aromatic heterocycles. The first-order valence-corrected chi connectivity index (χ1v) is 8.35. The summed E-state index contributed by atoms with van der Waals surface area (Å²) in [5, 5.41) is 5.04. The minimum absolute atomic E-state index is 0.0851. The Morgan fingerprint density at radius 3 is 2.62 bits per heavy atom. The fourth-order valence-corrected chi connectivity index (χ4v) is 4.33.